The molecule has 0 fully saturated rings. The Hall–Kier alpha value is -1.79. The molecule has 0 saturated carbocycles. The molecule has 0 amide bonds. The Kier molecular flexibility index (Phi) is 5.96. The molecule has 100 valence electrons. The van der Waals surface area contributed by atoms with Crippen molar-refractivity contribution in [1.82, 2.24) is 0 Å². The van der Waals surface area contributed by atoms with Crippen molar-refractivity contribution >= 4 is 17.3 Å². The second kappa shape index (κ2) is 7.52. The van der Waals surface area contributed by atoms with E-state index in [4.69, 9.17) is 25.7 Å². The van der Waals surface area contributed by atoms with E-state index in [0.717, 1.165) is 0 Å². The number of benzene rings is 1. The number of carbonyl (C=O) groups excluding carboxylic acids is 1. The van der Waals surface area contributed by atoms with Crippen LogP contribution in [0.5, 0.6) is 0 Å². The van der Waals surface area contributed by atoms with Crippen molar-refractivity contribution < 1.29 is 19.0 Å². The SMILES string of the molecule is COCCOCCOC(=O)c1ccc(N)cc1N. The van der Waals surface area contributed by atoms with Crippen molar-refractivity contribution in [2.45, 2.75) is 0 Å². The van der Waals surface area contributed by atoms with Gasteiger partial charge in [0, 0.05) is 18.5 Å². The zero-order valence-electron chi connectivity index (χ0n) is 10.3. The van der Waals surface area contributed by atoms with Crippen LogP contribution in [0.25, 0.3) is 0 Å². The molecular formula is C12H18N2O4. The molecule has 6 nitrogen and oxygen atoms in total. The number of nitrogen functional groups attached to an aromatic ring is 2. The average Bonchev–Trinajstić information content (AvgIpc) is 2.33. The maximum Gasteiger partial charge on any atom is 0.340 e. The molecule has 0 aliphatic rings. The summed E-state index contributed by atoms with van der Waals surface area (Å²) >= 11 is 0. The zero-order chi connectivity index (χ0) is 13.4. The number of esters is 1. The first-order valence-electron chi connectivity index (χ1n) is 5.54. The minimum Gasteiger partial charge on any atom is -0.460 e. The van der Waals surface area contributed by atoms with Crippen LogP contribution in [-0.4, -0.2) is 39.5 Å². The maximum atomic E-state index is 11.6. The highest BCUT2D eigenvalue weighted by Crippen LogP contribution is 2.16. The van der Waals surface area contributed by atoms with Gasteiger partial charge in [0.15, 0.2) is 0 Å². The van der Waals surface area contributed by atoms with Crippen molar-refractivity contribution in [3.63, 3.8) is 0 Å². The first-order chi connectivity index (χ1) is 8.65. The number of anilines is 2. The van der Waals surface area contributed by atoms with E-state index in [0.29, 0.717) is 36.8 Å². The minimum absolute atomic E-state index is 0.173. The van der Waals surface area contributed by atoms with Crippen LogP contribution in [0.1, 0.15) is 10.4 Å². The first-order valence-corrected chi connectivity index (χ1v) is 5.54. The van der Waals surface area contributed by atoms with Crippen molar-refractivity contribution in [2.24, 2.45) is 0 Å². The van der Waals surface area contributed by atoms with Gasteiger partial charge < -0.3 is 25.7 Å². The first kappa shape index (κ1) is 14.3. The predicted molar refractivity (Wildman–Crippen MR) is 68.2 cm³/mol. The summed E-state index contributed by atoms with van der Waals surface area (Å²) in [7, 11) is 1.59. The van der Waals surface area contributed by atoms with E-state index in [9.17, 15) is 4.79 Å². The van der Waals surface area contributed by atoms with E-state index in [2.05, 4.69) is 0 Å². The fourth-order valence-corrected chi connectivity index (χ4v) is 1.28. The van der Waals surface area contributed by atoms with Crippen LogP contribution in [0.3, 0.4) is 0 Å². The Balaban J connectivity index is 2.32. The number of carbonyl (C=O) groups is 1. The monoisotopic (exact) mass is 254 g/mol. The Morgan fingerprint density at radius 2 is 1.89 bits per heavy atom. The molecule has 4 N–H and O–H groups in total. The molecule has 1 rings (SSSR count). The van der Waals surface area contributed by atoms with Crippen LogP contribution in [-0.2, 0) is 14.2 Å². The standard InChI is InChI=1S/C12H18N2O4/c1-16-4-5-17-6-7-18-12(15)10-3-2-9(13)8-11(10)14/h2-3,8H,4-7,13-14H2,1H3. The highest BCUT2D eigenvalue weighted by atomic mass is 16.6. The second-order valence-electron chi connectivity index (χ2n) is 3.59. The van der Waals surface area contributed by atoms with Gasteiger partial charge in [-0.15, -0.1) is 0 Å². The van der Waals surface area contributed by atoms with Gasteiger partial charge in [-0.25, -0.2) is 4.79 Å². The lowest BCUT2D eigenvalue weighted by molar-refractivity contribution is 0.0214. The molecule has 0 unspecified atom stereocenters. The lowest BCUT2D eigenvalue weighted by atomic mass is 10.1. The highest BCUT2D eigenvalue weighted by molar-refractivity contribution is 5.95. The molecule has 0 saturated heterocycles. The maximum absolute atomic E-state index is 11.6. The van der Waals surface area contributed by atoms with Gasteiger partial charge in [-0.2, -0.15) is 0 Å². The number of rotatable bonds is 7. The molecule has 1 aromatic carbocycles. The molecule has 0 aromatic heterocycles. The third-order valence-electron chi connectivity index (χ3n) is 2.19. The lowest BCUT2D eigenvalue weighted by Gasteiger charge is -2.08. The molecule has 0 aliphatic heterocycles. The van der Waals surface area contributed by atoms with Gasteiger partial charge >= 0.3 is 5.97 Å². The zero-order valence-corrected chi connectivity index (χ0v) is 10.3. The predicted octanol–water partition coefficient (Wildman–Crippen LogP) is 0.671. The number of nitrogens with two attached hydrogens (primary N) is 2. The van der Waals surface area contributed by atoms with Crippen molar-refractivity contribution in [2.75, 3.05) is 45.0 Å². The van der Waals surface area contributed by atoms with Crippen molar-refractivity contribution in [1.29, 1.82) is 0 Å². The molecule has 1 aromatic rings. The van der Waals surface area contributed by atoms with Gasteiger partial charge in [0.25, 0.3) is 0 Å². The van der Waals surface area contributed by atoms with Crippen LogP contribution < -0.4 is 11.5 Å². The number of hydrogen-bond donors (Lipinski definition) is 2. The minimum atomic E-state index is -0.483. The van der Waals surface area contributed by atoms with Crippen LogP contribution in [0.15, 0.2) is 18.2 Å². The Morgan fingerprint density at radius 3 is 2.56 bits per heavy atom. The summed E-state index contributed by atoms with van der Waals surface area (Å²) in [6.45, 7) is 1.48. The fourth-order valence-electron chi connectivity index (χ4n) is 1.28. The molecule has 18 heavy (non-hydrogen) atoms. The van der Waals surface area contributed by atoms with E-state index in [-0.39, 0.29) is 6.61 Å². The van der Waals surface area contributed by atoms with Gasteiger partial charge in [0.2, 0.25) is 0 Å². The summed E-state index contributed by atoms with van der Waals surface area (Å²) in [5, 5.41) is 0. The van der Waals surface area contributed by atoms with Crippen molar-refractivity contribution in [3.8, 4) is 0 Å². The molecule has 0 heterocycles. The van der Waals surface area contributed by atoms with Gasteiger partial charge in [0.05, 0.1) is 25.4 Å². The largest absolute Gasteiger partial charge is 0.460 e. The molecule has 0 radical (unpaired) electrons. The Labute approximate surface area is 106 Å². The fraction of sp³-hybridized carbons (Fsp3) is 0.417. The molecular weight excluding hydrogens is 236 g/mol. The number of methoxy groups -OCH3 is 1. The van der Waals surface area contributed by atoms with Crippen molar-refractivity contribution in [3.05, 3.63) is 23.8 Å². The van der Waals surface area contributed by atoms with Gasteiger partial charge in [0.1, 0.15) is 6.61 Å². The van der Waals surface area contributed by atoms with Crippen LogP contribution >= 0.6 is 0 Å². The van der Waals surface area contributed by atoms with E-state index in [1.54, 1.807) is 19.2 Å². The molecule has 0 spiro atoms. The summed E-state index contributed by atoms with van der Waals surface area (Å²) in [5.41, 5.74) is 12.3. The number of ether oxygens (including phenoxy) is 3. The molecule has 0 bridgehead atoms. The third-order valence-corrected chi connectivity index (χ3v) is 2.19. The topological polar surface area (TPSA) is 96.8 Å². The quantitative estimate of drug-likeness (QED) is 0.422. The molecule has 0 aliphatic carbocycles. The summed E-state index contributed by atoms with van der Waals surface area (Å²) in [4.78, 5) is 11.6. The van der Waals surface area contributed by atoms with Crippen LogP contribution in [0.2, 0.25) is 0 Å². The van der Waals surface area contributed by atoms with Gasteiger partial charge in [-0.3, -0.25) is 0 Å². The normalized spacial score (nSPS) is 10.3. The van der Waals surface area contributed by atoms with E-state index >= 15 is 0 Å². The van der Waals surface area contributed by atoms with Crippen LogP contribution in [0, 0.1) is 0 Å². The van der Waals surface area contributed by atoms with E-state index in [1.807, 2.05) is 0 Å². The van der Waals surface area contributed by atoms with E-state index < -0.39 is 5.97 Å². The lowest BCUT2D eigenvalue weighted by Crippen LogP contribution is -2.14. The number of hydrogen-bond acceptors (Lipinski definition) is 6. The summed E-state index contributed by atoms with van der Waals surface area (Å²) in [6.07, 6.45) is 0. The molecule has 0 atom stereocenters. The average molecular weight is 254 g/mol. The Morgan fingerprint density at radius 1 is 1.17 bits per heavy atom. The summed E-state index contributed by atoms with van der Waals surface area (Å²) in [6, 6.07) is 4.66. The Bertz CT molecular complexity index is 396. The summed E-state index contributed by atoms with van der Waals surface area (Å²) < 4.78 is 15.0. The molecule has 6 heteroatoms. The second-order valence-corrected chi connectivity index (χ2v) is 3.59. The van der Waals surface area contributed by atoms with Gasteiger partial charge in [-0.05, 0) is 18.2 Å². The highest BCUT2D eigenvalue weighted by Gasteiger charge is 2.10. The third kappa shape index (κ3) is 4.60. The summed E-state index contributed by atoms with van der Waals surface area (Å²) in [5.74, 6) is -0.483. The van der Waals surface area contributed by atoms with Crippen LogP contribution in [0.4, 0.5) is 11.4 Å². The van der Waals surface area contributed by atoms with E-state index in [1.165, 1.54) is 6.07 Å². The van der Waals surface area contributed by atoms with Gasteiger partial charge in [-0.1, -0.05) is 0 Å². The smallest absolute Gasteiger partial charge is 0.340 e.